The molecule has 0 unspecified atom stereocenters. The zero-order chi connectivity index (χ0) is 40.3. The summed E-state index contributed by atoms with van der Waals surface area (Å²) in [7, 11) is 0. The standard InChI is InChI=1S/C49H31NO2/c1-2-12-32(13-3-1)33-22-24-34(25-23-33)50(35-26-28-40-39-16-6-10-20-45(39)51-47(40)30-35)36-27-29-44-48(31-36)52-46-21-11-9-19-43(46)49(44)41-17-7-4-14-37(41)38-15-5-8-18-42(38)49/h1-31H/i6D,10D,16D,20D,26D,28D,30D. The van der Waals surface area contributed by atoms with E-state index >= 15 is 0 Å². The van der Waals surface area contributed by atoms with Crippen molar-refractivity contribution < 1.29 is 18.7 Å². The molecule has 244 valence electrons. The highest BCUT2D eigenvalue weighted by Crippen LogP contribution is 2.62. The summed E-state index contributed by atoms with van der Waals surface area (Å²) >= 11 is 0. The molecule has 1 spiro atoms. The summed E-state index contributed by atoms with van der Waals surface area (Å²) in [6.07, 6.45) is 0. The van der Waals surface area contributed by atoms with E-state index in [2.05, 4.69) is 60.7 Å². The summed E-state index contributed by atoms with van der Waals surface area (Å²) in [5.41, 5.74) is 8.79. The summed E-state index contributed by atoms with van der Waals surface area (Å²) in [5, 5.41) is -0.0254. The van der Waals surface area contributed by atoms with Crippen LogP contribution in [0.2, 0.25) is 0 Å². The number of benzene rings is 8. The smallest absolute Gasteiger partial charge is 0.137 e. The van der Waals surface area contributed by atoms with Gasteiger partial charge < -0.3 is 14.1 Å². The van der Waals surface area contributed by atoms with Crippen LogP contribution in [-0.2, 0) is 5.41 Å². The Labute approximate surface area is 311 Å². The molecule has 9 aromatic rings. The topological polar surface area (TPSA) is 25.6 Å². The molecule has 0 fully saturated rings. The number of ether oxygens (including phenoxy) is 1. The average molecular weight is 673 g/mol. The molecular weight excluding hydrogens is 635 g/mol. The molecule has 0 radical (unpaired) electrons. The van der Waals surface area contributed by atoms with E-state index in [4.69, 9.17) is 14.6 Å². The highest BCUT2D eigenvalue weighted by atomic mass is 16.5. The SMILES string of the molecule is [2H]c1c([2H])c([2H])c2c(oc3c([2H])c(N(c4ccc(-c5ccccc5)cc4)c4ccc5c(c4)Oc4ccccc4C54c5ccccc5-c5ccccc54)c([2H])c([2H])c32)c1[2H]. The Morgan fingerprint density at radius 1 is 0.462 bits per heavy atom. The molecule has 1 aromatic heterocycles. The van der Waals surface area contributed by atoms with Crippen molar-refractivity contribution in [1.29, 1.82) is 0 Å². The fraction of sp³-hybridized carbons (Fsp3) is 0.0204. The Kier molecular flexibility index (Phi) is 4.86. The lowest BCUT2D eigenvalue weighted by Crippen LogP contribution is -2.32. The maximum atomic E-state index is 9.66. The van der Waals surface area contributed by atoms with Crippen LogP contribution in [0.4, 0.5) is 17.1 Å². The predicted molar refractivity (Wildman–Crippen MR) is 211 cm³/mol. The summed E-state index contributed by atoms with van der Waals surface area (Å²) in [6.45, 7) is 0. The Morgan fingerprint density at radius 3 is 1.87 bits per heavy atom. The highest BCUT2D eigenvalue weighted by molar-refractivity contribution is 6.06. The number of para-hydroxylation sites is 2. The quantitative estimate of drug-likeness (QED) is 0.186. The zero-order valence-electron chi connectivity index (χ0n) is 34.6. The number of fused-ring (bicyclic) bond motifs is 12. The maximum Gasteiger partial charge on any atom is 0.137 e. The zero-order valence-corrected chi connectivity index (χ0v) is 27.6. The van der Waals surface area contributed by atoms with Crippen LogP contribution in [-0.4, -0.2) is 0 Å². The van der Waals surface area contributed by atoms with Crippen LogP contribution >= 0.6 is 0 Å². The van der Waals surface area contributed by atoms with E-state index < -0.39 is 23.5 Å². The van der Waals surface area contributed by atoms with Gasteiger partial charge in [-0.15, -0.1) is 0 Å². The molecular formula is C49H31NO2. The number of hydrogen-bond donors (Lipinski definition) is 0. The van der Waals surface area contributed by atoms with Crippen LogP contribution in [0.25, 0.3) is 44.2 Å². The van der Waals surface area contributed by atoms with Gasteiger partial charge in [0.2, 0.25) is 0 Å². The molecule has 8 aromatic carbocycles. The summed E-state index contributed by atoms with van der Waals surface area (Å²) in [4.78, 5) is 1.76. The van der Waals surface area contributed by atoms with Gasteiger partial charge in [-0.3, -0.25) is 0 Å². The fourth-order valence-corrected chi connectivity index (χ4v) is 8.23. The van der Waals surface area contributed by atoms with Crippen LogP contribution in [0.5, 0.6) is 11.5 Å². The van der Waals surface area contributed by atoms with Gasteiger partial charge >= 0.3 is 0 Å². The molecule has 0 atom stereocenters. The predicted octanol–water partition coefficient (Wildman–Crippen LogP) is 13.2. The molecule has 0 bridgehead atoms. The molecule has 0 N–H and O–H groups in total. The molecule has 3 nitrogen and oxygen atoms in total. The van der Waals surface area contributed by atoms with E-state index in [9.17, 15) is 4.11 Å². The number of hydrogen-bond acceptors (Lipinski definition) is 3. The molecule has 2 heterocycles. The van der Waals surface area contributed by atoms with Gasteiger partial charge in [0.1, 0.15) is 22.7 Å². The van der Waals surface area contributed by atoms with Crippen LogP contribution in [0.15, 0.2) is 192 Å². The summed E-state index contributed by atoms with van der Waals surface area (Å²) < 4.78 is 75.3. The Balaban J connectivity index is 1.18. The molecule has 0 saturated heterocycles. The first-order valence-electron chi connectivity index (χ1n) is 20.7. The van der Waals surface area contributed by atoms with E-state index in [0.717, 1.165) is 44.5 Å². The molecule has 1 aliphatic heterocycles. The van der Waals surface area contributed by atoms with Crippen molar-refractivity contribution in [2.24, 2.45) is 0 Å². The van der Waals surface area contributed by atoms with Crippen LogP contribution < -0.4 is 9.64 Å². The van der Waals surface area contributed by atoms with Crippen molar-refractivity contribution in [3.05, 3.63) is 210 Å². The molecule has 0 saturated carbocycles. The number of rotatable bonds is 4. The van der Waals surface area contributed by atoms with E-state index in [0.29, 0.717) is 22.9 Å². The van der Waals surface area contributed by atoms with Gasteiger partial charge in [-0.1, -0.05) is 133 Å². The van der Waals surface area contributed by atoms with Crippen LogP contribution in [0, 0.1) is 0 Å². The van der Waals surface area contributed by atoms with Crippen molar-refractivity contribution >= 4 is 39.0 Å². The van der Waals surface area contributed by atoms with Crippen molar-refractivity contribution in [2.45, 2.75) is 5.41 Å². The van der Waals surface area contributed by atoms with E-state index in [1.165, 1.54) is 0 Å². The second kappa shape index (κ2) is 11.1. The second-order valence-electron chi connectivity index (χ2n) is 13.1. The Bertz CT molecular complexity index is 3190. The minimum Gasteiger partial charge on any atom is -0.457 e. The highest BCUT2D eigenvalue weighted by Gasteiger charge is 2.51. The fourth-order valence-electron chi connectivity index (χ4n) is 8.23. The van der Waals surface area contributed by atoms with Gasteiger partial charge in [-0.2, -0.15) is 0 Å². The first-order chi connectivity index (χ1) is 28.7. The van der Waals surface area contributed by atoms with E-state index in [1.807, 2.05) is 84.9 Å². The monoisotopic (exact) mass is 672 g/mol. The number of nitrogens with zero attached hydrogens (tertiary/aromatic N) is 1. The van der Waals surface area contributed by atoms with Crippen LogP contribution in [0.1, 0.15) is 31.8 Å². The van der Waals surface area contributed by atoms with Crippen molar-refractivity contribution in [2.75, 3.05) is 4.90 Å². The summed E-state index contributed by atoms with van der Waals surface area (Å²) in [6, 6.07) is 46.2. The molecule has 2 aliphatic rings. The van der Waals surface area contributed by atoms with Crippen molar-refractivity contribution in [3.63, 3.8) is 0 Å². The molecule has 0 amide bonds. The lowest BCUT2D eigenvalue weighted by molar-refractivity contribution is 0.436. The first-order valence-corrected chi connectivity index (χ1v) is 17.2. The van der Waals surface area contributed by atoms with Gasteiger partial charge in [0.05, 0.1) is 15.0 Å². The van der Waals surface area contributed by atoms with E-state index in [-0.39, 0.29) is 51.8 Å². The third kappa shape index (κ3) is 4.08. The Hall–Kier alpha value is -6.84. The van der Waals surface area contributed by atoms with Crippen LogP contribution in [0.3, 0.4) is 0 Å². The third-order valence-electron chi connectivity index (χ3n) is 10.4. The van der Waals surface area contributed by atoms with Gasteiger partial charge in [0.15, 0.2) is 0 Å². The maximum absolute atomic E-state index is 9.66. The molecule has 11 rings (SSSR count). The molecule has 52 heavy (non-hydrogen) atoms. The third-order valence-corrected chi connectivity index (χ3v) is 10.4. The summed E-state index contributed by atoms with van der Waals surface area (Å²) in [5.74, 6) is 1.30. The lowest BCUT2D eigenvalue weighted by Gasteiger charge is -2.40. The number of anilines is 3. The minimum atomic E-state index is -0.698. The van der Waals surface area contributed by atoms with Crippen molar-refractivity contribution in [1.82, 2.24) is 0 Å². The molecule has 3 heteroatoms. The normalized spacial score (nSPS) is 15.2. The number of furan rings is 1. The minimum absolute atomic E-state index is 0.00369. The second-order valence-corrected chi connectivity index (χ2v) is 13.1. The Morgan fingerprint density at radius 2 is 1.08 bits per heavy atom. The van der Waals surface area contributed by atoms with Gasteiger partial charge in [0, 0.05) is 51.1 Å². The van der Waals surface area contributed by atoms with Crippen molar-refractivity contribution in [3.8, 4) is 33.8 Å². The first kappa shape index (κ1) is 22.8. The van der Waals surface area contributed by atoms with E-state index in [1.54, 1.807) is 4.90 Å². The molecule has 1 aliphatic carbocycles. The lowest BCUT2D eigenvalue weighted by atomic mass is 9.66. The largest absolute Gasteiger partial charge is 0.457 e. The van der Waals surface area contributed by atoms with Gasteiger partial charge in [0.25, 0.3) is 0 Å². The average Bonchev–Trinajstić information content (AvgIpc) is 3.82. The van der Waals surface area contributed by atoms with Gasteiger partial charge in [-0.25, -0.2) is 0 Å². The van der Waals surface area contributed by atoms with Gasteiger partial charge in [-0.05, 0) is 75.8 Å².